The van der Waals surface area contributed by atoms with Gasteiger partial charge in [-0.25, -0.2) is 0 Å². The Morgan fingerprint density at radius 2 is 1.84 bits per heavy atom. The van der Waals surface area contributed by atoms with Gasteiger partial charge in [0.05, 0.1) is 0 Å². The van der Waals surface area contributed by atoms with Gasteiger partial charge in [0, 0.05) is 23.6 Å². The minimum absolute atomic E-state index is 0.541. The van der Waals surface area contributed by atoms with Gasteiger partial charge in [0.15, 0.2) is 0 Å². The van der Waals surface area contributed by atoms with Crippen molar-refractivity contribution in [3.05, 3.63) is 34.3 Å². The lowest BCUT2D eigenvalue weighted by molar-refractivity contribution is -0.0404. The number of likely N-dealkylation sites (tertiary alicyclic amines) is 1. The molecule has 0 spiro atoms. The molecule has 106 valence electrons. The molecule has 1 aromatic rings. The standard InChI is InChI=1S/C17H26BrN/c1-4-9-17(10-5-2)12-19(13-17)14(3)15-7-6-8-16(18)11-15/h6-8,11,14H,4-5,9-10,12-13H2,1-3H3. The van der Waals surface area contributed by atoms with E-state index in [1.807, 2.05) is 0 Å². The zero-order chi connectivity index (χ0) is 13.9. The molecule has 0 aliphatic carbocycles. The lowest BCUT2D eigenvalue weighted by atomic mass is 9.72. The molecule has 1 nitrogen and oxygen atoms in total. The average Bonchev–Trinajstić information content (AvgIpc) is 2.35. The molecule has 1 fully saturated rings. The van der Waals surface area contributed by atoms with E-state index in [1.165, 1.54) is 48.8 Å². The molecular weight excluding hydrogens is 298 g/mol. The summed E-state index contributed by atoms with van der Waals surface area (Å²) >= 11 is 3.57. The third-order valence-electron chi connectivity index (χ3n) is 4.52. The van der Waals surface area contributed by atoms with E-state index >= 15 is 0 Å². The van der Waals surface area contributed by atoms with Crippen molar-refractivity contribution < 1.29 is 0 Å². The van der Waals surface area contributed by atoms with Gasteiger partial charge < -0.3 is 0 Å². The maximum absolute atomic E-state index is 3.57. The molecule has 0 aromatic heterocycles. The van der Waals surface area contributed by atoms with E-state index in [1.54, 1.807) is 0 Å². The lowest BCUT2D eigenvalue weighted by Crippen LogP contribution is -2.56. The Labute approximate surface area is 126 Å². The fourth-order valence-corrected chi connectivity index (χ4v) is 3.99. The van der Waals surface area contributed by atoms with Crippen molar-refractivity contribution in [3.63, 3.8) is 0 Å². The van der Waals surface area contributed by atoms with E-state index in [-0.39, 0.29) is 0 Å². The molecule has 1 aliphatic rings. The second-order valence-corrected chi connectivity index (χ2v) is 7.05. The van der Waals surface area contributed by atoms with Crippen molar-refractivity contribution in [2.75, 3.05) is 13.1 Å². The molecule has 0 bridgehead atoms. The van der Waals surface area contributed by atoms with Crippen LogP contribution in [-0.2, 0) is 0 Å². The van der Waals surface area contributed by atoms with Gasteiger partial charge in [0.2, 0.25) is 0 Å². The minimum Gasteiger partial charge on any atom is -0.295 e. The van der Waals surface area contributed by atoms with Crippen LogP contribution in [0.5, 0.6) is 0 Å². The van der Waals surface area contributed by atoms with Gasteiger partial charge in [-0.3, -0.25) is 4.90 Å². The Morgan fingerprint density at radius 1 is 1.21 bits per heavy atom. The van der Waals surface area contributed by atoms with E-state index in [0.29, 0.717) is 11.5 Å². The third-order valence-corrected chi connectivity index (χ3v) is 5.01. The van der Waals surface area contributed by atoms with Crippen LogP contribution in [0.25, 0.3) is 0 Å². The molecule has 0 amide bonds. The first-order chi connectivity index (χ1) is 9.10. The van der Waals surface area contributed by atoms with Crippen LogP contribution in [0.3, 0.4) is 0 Å². The molecule has 1 heterocycles. The highest BCUT2D eigenvalue weighted by atomic mass is 79.9. The molecule has 2 heteroatoms. The quantitative estimate of drug-likeness (QED) is 0.676. The molecule has 1 unspecified atom stereocenters. The van der Waals surface area contributed by atoms with Crippen molar-refractivity contribution in [2.45, 2.75) is 52.5 Å². The second-order valence-electron chi connectivity index (χ2n) is 6.14. The summed E-state index contributed by atoms with van der Waals surface area (Å²) in [7, 11) is 0. The van der Waals surface area contributed by atoms with Gasteiger partial charge in [-0.1, -0.05) is 54.8 Å². The number of rotatable bonds is 6. The van der Waals surface area contributed by atoms with Crippen LogP contribution < -0.4 is 0 Å². The summed E-state index contributed by atoms with van der Waals surface area (Å²) in [6, 6.07) is 9.28. The summed E-state index contributed by atoms with van der Waals surface area (Å²) in [4.78, 5) is 2.63. The predicted molar refractivity (Wildman–Crippen MR) is 86.4 cm³/mol. The van der Waals surface area contributed by atoms with Gasteiger partial charge in [-0.2, -0.15) is 0 Å². The fraction of sp³-hybridized carbons (Fsp3) is 0.647. The van der Waals surface area contributed by atoms with Crippen LogP contribution >= 0.6 is 15.9 Å². The highest BCUT2D eigenvalue weighted by molar-refractivity contribution is 9.10. The van der Waals surface area contributed by atoms with Crippen LogP contribution in [-0.4, -0.2) is 18.0 Å². The van der Waals surface area contributed by atoms with E-state index in [9.17, 15) is 0 Å². The maximum atomic E-state index is 3.57. The molecule has 1 saturated heterocycles. The van der Waals surface area contributed by atoms with E-state index in [2.05, 4.69) is 65.9 Å². The maximum Gasteiger partial charge on any atom is 0.0320 e. The summed E-state index contributed by atoms with van der Waals surface area (Å²) in [6.07, 6.45) is 5.42. The Morgan fingerprint density at radius 3 is 2.37 bits per heavy atom. The molecule has 19 heavy (non-hydrogen) atoms. The summed E-state index contributed by atoms with van der Waals surface area (Å²) in [5.41, 5.74) is 2.04. The highest BCUT2D eigenvalue weighted by Gasteiger charge is 2.42. The summed E-state index contributed by atoms with van der Waals surface area (Å²) in [5, 5.41) is 0. The summed E-state index contributed by atoms with van der Waals surface area (Å²) < 4.78 is 1.19. The first-order valence-electron chi connectivity index (χ1n) is 7.60. The van der Waals surface area contributed by atoms with Crippen LogP contribution in [0, 0.1) is 5.41 Å². The fourth-order valence-electron chi connectivity index (χ4n) is 3.57. The number of nitrogens with zero attached hydrogens (tertiary/aromatic N) is 1. The lowest BCUT2D eigenvalue weighted by Gasteiger charge is -2.53. The molecule has 2 rings (SSSR count). The molecular formula is C17H26BrN. The van der Waals surface area contributed by atoms with Crippen LogP contribution in [0.1, 0.15) is 58.1 Å². The molecule has 1 aliphatic heterocycles. The van der Waals surface area contributed by atoms with Crippen molar-refractivity contribution >= 4 is 15.9 Å². The van der Waals surface area contributed by atoms with E-state index < -0.39 is 0 Å². The van der Waals surface area contributed by atoms with Crippen molar-refractivity contribution in [3.8, 4) is 0 Å². The molecule has 0 saturated carbocycles. The zero-order valence-electron chi connectivity index (χ0n) is 12.5. The molecule has 1 aromatic carbocycles. The first kappa shape index (κ1) is 15.1. The Balaban J connectivity index is 1.98. The number of hydrogen-bond donors (Lipinski definition) is 0. The SMILES string of the molecule is CCCC1(CCC)CN(C(C)c2cccc(Br)c2)C1. The first-order valence-corrected chi connectivity index (χ1v) is 8.39. The number of benzene rings is 1. The van der Waals surface area contributed by atoms with Crippen LogP contribution in [0.15, 0.2) is 28.7 Å². The minimum atomic E-state index is 0.541. The zero-order valence-corrected chi connectivity index (χ0v) is 14.0. The van der Waals surface area contributed by atoms with E-state index in [4.69, 9.17) is 0 Å². The Bertz CT molecular complexity index is 401. The molecule has 0 N–H and O–H groups in total. The summed E-state index contributed by atoms with van der Waals surface area (Å²) in [5.74, 6) is 0. The third kappa shape index (κ3) is 3.41. The number of halogens is 1. The smallest absolute Gasteiger partial charge is 0.0320 e. The van der Waals surface area contributed by atoms with Gasteiger partial charge in [-0.15, -0.1) is 0 Å². The highest BCUT2D eigenvalue weighted by Crippen LogP contribution is 2.43. The van der Waals surface area contributed by atoms with Gasteiger partial charge in [-0.05, 0) is 42.9 Å². The summed E-state index contributed by atoms with van der Waals surface area (Å²) in [6.45, 7) is 9.53. The Hall–Kier alpha value is -0.340. The van der Waals surface area contributed by atoms with Crippen molar-refractivity contribution in [1.82, 2.24) is 4.90 Å². The normalized spacial score (nSPS) is 20.0. The monoisotopic (exact) mass is 323 g/mol. The van der Waals surface area contributed by atoms with Crippen LogP contribution in [0.4, 0.5) is 0 Å². The predicted octanol–water partition coefficient (Wildman–Crippen LogP) is 5.41. The average molecular weight is 324 g/mol. The topological polar surface area (TPSA) is 3.24 Å². The van der Waals surface area contributed by atoms with Crippen LogP contribution in [0.2, 0.25) is 0 Å². The van der Waals surface area contributed by atoms with Gasteiger partial charge in [0.25, 0.3) is 0 Å². The van der Waals surface area contributed by atoms with Crippen molar-refractivity contribution in [2.24, 2.45) is 5.41 Å². The largest absolute Gasteiger partial charge is 0.295 e. The van der Waals surface area contributed by atoms with Gasteiger partial charge in [0.1, 0.15) is 0 Å². The van der Waals surface area contributed by atoms with Crippen molar-refractivity contribution in [1.29, 1.82) is 0 Å². The number of hydrogen-bond acceptors (Lipinski definition) is 1. The Kier molecular flexibility index (Phi) is 5.08. The second kappa shape index (κ2) is 6.41. The van der Waals surface area contributed by atoms with E-state index in [0.717, 1.165) is 0 Å². The molecule has 0 radical (unpaired) electrons. The molecule has 1 atom stereocenters. The van der Waals surface area contributed by atoms with Gasteiger partial charge >= 0.3 is 0 Å².